The fraction of sp³-hybridized carbons (Fsp3) is 0.688. The Hall–Kier alpha value is -2.09. The second kappa shape index (κ2) is 8.68. The van der Waals surface area contributed by atoms with E-state index in [-0.39, 0.29) is 23.9 Å². The van der Waals surface area contributed by atoms with Gasteiger partial charge in [0.05, 0.1) is 12.6 Å². The summed E-state index contributed by atoms with van der Waals surface area (Å²) in [5.41, 5.74) is 5.43. The van der Waals surface area contributed by atoms with Gasteiger partial charge in [-0.05, 0) is 12.0 Å². The van der Waals surface area contributed by atoms with Crippen molar-refractivity contribution in [2.45, 2.75) is 25.9 Å². The topological polar surface area (TPSA) is 96.2 Å². The molecule has 1 aliphatic heterocycles. The normalized spacial score (nSPS) is 19.1. The first-order chi connectivity index (χ1) is 11.2. The van der Waals surface area contributed by atoms with Crippen molar-refractivity contribution in [3.05, 3.63) is 12.7 Å². The van der Waals surface area contributed by atoms with Crippen molar-refractivity contribution < 1.29 is 19.1 Å². The summed E-state index contributed by atoms with van der Waals surface area (Å²) in [4.78, 5) is 40.9. The molecule has 0 saturated carbocycles. The molecule has 2 atom stereocenters. The van der Waals surface area contributed by atoms with E-state index in [9.17, 15) is 14.4 Å². The number of methoxy groups -OCH3 is 1. The fourth-order valence-electron chi connectivity index (χ4n) is 3.08. The molecule has 0 aromatic heterocycles. The summed E-state index contributed by atoms with van der Waals surface area (Å²) in [6.07, 6.45) is 1.26. The Kier molecular flexibility index (Phi) is 7.21. The van der Waals surface area contributed by atoms with Crippen LogP contribution >= 0.6 is 0 Å². The molecule has 0 unspecified atom stereocenters. The molecule has 0 aromatic rings. The summed E-state index contributed by atoms with van der Waals surface area (Å²) in [6, 6.07) is -1.21. The van der Waals surface area contributed by atoms with Crippen molar-refractivity contribution in [3.63, 3.8) is 0 Å². The Balaban J connectivity index is 2.87. The Morgan fingerprint density at radius 1 is 1.38 bits per heavy atom. The average Bonchev–Trinajstić information content (AvgIpc) is 2.52. The highest BCUT2D eigenvalue weighted by Gasteiger charge is 2.36. The van der Waals surface area contributed by atoms with Crippen LogP contribution in [0.3, 0.4) is 0 Å². The van der Waals surface area contributed by atoms with Crippen molar-refractivity contribution in [2.75, 3.05) is 40.4 Å². The maximum atomic E-state index is 12.7. The highest BCUT2D eigenvalue weighted by atomic mass is 16.5. The number of amides is 4. The molecule has 1 saturated heterocycles. The van der Waals surface area contributed by atoms with Crippen LogP contribution in [0.2, 0.25) is 0 Å². The number of likely N-dealkylation sites (N-methyl/N-ethyl adjacent to an activating group) is 1. The van der Waals surface area contributed by atoms with E-state index in [1.54, 1.807) is 24.0 Å². The van der Waals surface area contributed by atoms with Crippen LogP contribution in [0.4, 0.5) is 4.79 Å². The number of ether oxygens (including phenoxy) is 1. The first-order valence-corrected chi connectivity index (χ1v) is 7.97. The molecule has 1 heterocycles. The van der Waals surface area contributed by atoms with Gasteiger partial charge in [0, 0.05) is 33.8 Å². The van der Waals surface area contributed by atoms with Gasteiger partial charge in [-0.25, -0.2) is 4.79 Å². The quantitative estimate of drug-likeness (QED) is 0.683. The molecular weight excluding hydrogens is 312 g/mol. The lowest BCUT2D eigenvalue weighted by Crippen LogP contribution is -2.61. The number of nitrogens with two attached hydrogens (primary N) is 1. The monoisotopic (exact) mass is 340 g/mol. The number of nitrogens with zero attached hydrogens (tertiary/aromatic N) is 3. The number of carbonyl (C=O) groups excluding carboxylic acids is 3. The van der Waals surface area contributed by atoms with Gasteiger partial charge in [0.1, 0.15) is 6.04 Å². The van der Waals surface area contributed by atoms with E-state index in [1.165, 1.54) is 11.0 Å². The van der Waals surface area contributed by atoms with Crippen molar-refractivity contribution >= 4 is 17.8 Å². The van der Waals surface area contributed by atoms with Crippen LogP contribution in [0.25, 0.3) is 0 Å². The van der Waals surface area contributed by atoms with Crippen LogP contribution < -0.4 is 5.73 Å². The number of rotatable bonds is 6. The van der Waals surface area contributed by atoms with Crippen LogP contribution in [0.1, 0.15) is 13.8 Å². The molecule has 1 aliphatic rings. The molecule has 0 aromatic carbocycles. The van der Waals surface area contributed by atoms with E-state index < -0.39 is 11.9 Å². The van der Waals surface area contributed by atoms with E-state index >= 15 is 0 Å². The third-order valence-electron chi connectivity index (χ3n) is 4.21. The third kappa shape index (κ3) is 4.47. The maximum Gasteiger partial charge on any atom is 0.320 e. The number of primary amides is 1. The molecular formula is C16H28N4O4. The summed E-state index contributed by atoms with van der Waals surface area (Å²) >= 11 is 0. The molecule has 0 radical (unpaired) electrons. The Bertz CT molecular complexity index is 494. The van der Waals surface area contributed by atoms with Gasteiger partial charge in [0.2, 0.25) is 11.8 Å². The minimum Gasteiger partial charge on any atom is -0.382 e. The van der Waals surface area contributed by atoms with E-state index in [2.05, 4.69) is 6.58 Å². The SMILES string of the molecule is C=CC(=O)N1CCN(C(=O)N(C)[C@H](C(N)=O)C(C)C)C[C@@H]1COC. The third-order valence-corrected chi connectivity index (χ3v) is 4.21. The second-order valence-electron chi connectivity index (χ2n) is 6.28. The summed E-state index contributed by atoms with van der Waals surface area (Å²) in [6.45, 7) is 8.61. The average molecular weight is 340 g/mol. The molecule has 2 N–H and O–H groups in total. The second-order valence-corrected chi connectivity index (χ2v) is 6.28. The van der Waals surface area contributed by atoms with Crippen LogP contribution in [0, 0.1) is 5.92 Å². The van der Waals surface area contributed by atoms with Crippen LogP contribution in [0.15, 0.2) is 12.7 Å². The number of hydrogen-bond donors (Lipinski definition) is 1. The minimum atomic E-state index is -0.675. The summed E-state index contributed by atoms with van der Waals surface area (Å²) in [7, 11) is 3.12. The molecule has 136 valence electrons. The van der Waals surface area contributed by atoms with Gasteiger partial charge < -0.3 is 25.2 Å². The smallest absolute Gasteiger partial charge is 0.320 e. The summed E-state index contributed by atoms with van der Waals surface area (Å²) < 4.78 is 5.16. The first kappa shape index (κ1) is 20.0. The van der Waals surface area contributed by atoms with E-state index in [0.29, 0.717) is 26.2 Å². The van der Waals surface area contributed by atoms with E-state index in [4.69, 9.17) is 10.5 Å². The van der Waals surface area contributed by atoms with Gasteiger partial charge in [-0.15, -0.1) is 0 Å². The van der Waals surface area contributed by atoms with E-state index in [1.807, 2.05) is 13.8 Å². The number of hydrogen-bond acceptors (Lipinski definition) is 4. The highest BCUT2D eigenvalue weighted by molar-refractivity contribution is 5.88. The molecule has 1 fully saturated rings. The molecule has 0 spiro atoms. The fourth-order valence-corrected chi connectivity index (χ4v) is 3.08. The zero-order chi connectivity index (χ0) is 18.4. The molecule has 8 nitrogen and oxygen atoms in total. The lowest BCUT2D eigenvalue weighted by molar-refractivity contribution is -0.131. The molecule has 1 rings (SSSR count). The number of carbonyl (C=O) groups is 3. The van der Waals surface area contributed by atoms with Crippen molar-refractivity contribution in [3.8, 4) is 0 Å². The largest absolute Gasteiger partial charge is 0.382 e. The molecule has 8 heteroatoms. The predicted octanol–water partition coefficient (Wildman–Crippen LogP) is -0.107. The van der Waals surface area contributed by atoms with Gasteiger partial charge in [-0.2, -0.15) is 0 Å². The van der Waals surface area contributed by atoms with Crippen LogP contribution in [-0.2, 0) is 14.3 Å². The van der Waals surface area contributed by atoms with E-state index in [0.717, 1.165) is 0 Å². The Labute approximate surface area is 143 Å². The van der Waals surface area contributed by atoms with Gasteiger partial charge in [-0.1, -0.05) is 20.4 Å². The molecule has 24 heavy (non-hydrogen) atoms. The minimum absolute atomic E-state index is 0.0881. The van der Waals surface area contributed by atoms with Crippen molar-refractivity contribution in [1.29, 1.82) is 0 Å². The lowest BCUT2D eigenvalue weighted by Gasteiger charge is -2.43. The molecule has 0 aliphatic carbocycles. The first-order valence-electron chi connectivity index (χ1n) is 7.97. The van der Waals surface area contributed by atoms with Gasteiger partial charge >= 0.3 is 6.03 Å². The maximum absolute atomic E-state index is 12.7. The van der Waals surface area contributed by atoms with Crippen LogP contribution in [0.5, 0.6) is 0 Å². The highest BCUT2D eigenvalue weighted by Crippen LogP contribution is 2.16. The summed E-state index contributed by atoms with van der Waals surface area (Å²) in [5.74, 6) is -0.806. The number of urea groups is 1. The predicted molar refractivity (Wildman–Crippen MR) is 90.1 cm³/mol. The molecule has 0 bridgehead atoms. The van der Waals surface area contributed by atoms with Gasteiger partial charge in [-0.3, -0.25) is 9.59 Å². The zero-order valence-corrected chi connectivity index (χ0v) is 14.9. The van der Waals surface area contributed by atoms with Crippen LogP contribution in [-0.4, -0.2) is 85.0 Å². The molecule has 4 amide bonds. The van der Waals surface area contributed by atoms with Crippen molar-refractivity contribution in [2.24, 2.45) is 11.7 Å². The number of piperazine rings is 1. The van der Waals surface area contributed by atoms with Gasteiger partial charge in [0.25, 0.3) is 0 Å². The Morgan fingerprint density at radius 2 is 2.00 bits per heavy atom. The standard InChI is InChI=1S/C16H28N4O4/c1-6-13(21)20-8-7-19(9-12(20)10-24-5)16(23)18(4)14(11(2)3)15(17)22/h6,11-12,14H,1,7-10H2,2-5H3,(H2,17,22)/t12-,14+/m1/s1. The zero-order valence-electron chi connectivity index (χ0n) is 14.9. The van der Waals surface area contributed by atoms with Gasteiger partial charge in [0.15, 0.2) is 0 Å². The summed E-state index contributed by atoms with van der Waals surface area (Å²) in [5, 5.41) is 0. The Morgan fingerprint density at radius 3 is 2.46 bits per heavy atom. The van der Waals surface area contributed by atoms with Crippen molar-refractivity contribution in [1.82, 2.24) is 14.7 Å². The lowest BCUT2D eigenvalue weighted by atomic mass is 10.0.